The first-order chi connectivity index (χ1) is 13.3. The SMILES string of the molecule is COc1cc(/C=N\NC(=O)c2ccc(C#N)cc2F)cc(I)c1OCC(=O)O. The molecule has 0 aromatic heterocycles. The van der Waals surface area contributed by atoms with Gasteiger partial charge in [-0.2, -0.15) is 10.4 Å². The number of carboxylic acids is 1. The van der Waals surface area contributed by atoms with Gasteiger partial charge < -0.3 is 14.6 Å². The summed E-state index contributed by atoms with van der Waals surface area (Å²) >= 11 is 1.94. The van der Waals surface area contributed by atoms with Crippen LogP contribution in [-0.2, 0) is 4.79 Å². The lowest BCUT2D eigenvalue weighted by Crippen LogP contribution is -2.19. The van der Waals surface area contributed by atoms with Crippen molar-refractivity contribution in [3.63, 3.8) is 0 Å². The Labute approximate surface area is 172 Å². The maximum Gasteiger partial charge on any atom is 0.341 e. The quantitative estimate of drug-likeness (QED) is 0.345. The molecule has 2 rings (SSSR count). The molecule has 0 bridgehead atoms. The highest BCUT2D eigenvalue weighted by atomic mass is 127. The van der Waals surface area contributed by atoms with Gasteiger partial charge in [-0.05, 0) is 58.5 Å². The number of carboxylic acid groups (broad SMARTS) is 1. The molecule has 1 amide bonds. The van der Waals surface area contributed by atoms with Crippen LogP contribution >= 0.6 is 22.6 Å². The van der Waals surface area contributed by atoms with Gasteiger partial charge in [-0.1, -0.05) is 0 Å². The third-order valence-corrected chi connectivity index (χ3v) is 4.12. The minimum atomic E-state index is -1.12. The number of hydrazone groups is 1. The van der Waals surface area contributed by atoms with Crippen molar-refractivity contribution in [2.75, 3.05) is 13.7 Å². The maximum atomic E-state index is 13.8. The second-order valence-electron chi connectivity index (χ2n) is 5.22. The zero-order chi connectivity index (χ0) is 20.7. The number of rotatable bonds is 7. The van der Waals surface area contributed by atoms with Crippen molar-refractivity contribution < 1.29 is 28.6 Å². The van der Waals surface area contributed by atoms with Crippen molar-refractivity contribution in [1.82, 2.24) is 5.43 Å². The smallest absolute Gasteiger partial charge is 0.341 e. The normalized spacial score (nSPS) is 10.4. The van der Waals surface area contributed by atoms with Gasteiger partial charge in [0.15, 0.2) is 18.1 Å². The van der Waals surface area contributed by atoms with Gasteiger partial charge in [-0.25, -0.2) is 14.6 Å². The second kappa shape index (κ2) is 9.65. The molecule has 8 nitrogen and oxygen atoms in total. The second-order valence-corrected chi connectivity index (χ2v) is 6.38. The highest BCUT2D eigenvalue weighted by Gasteiger charge is 2.14. The van der Waals surface area contributed by atoms with Gasteiger partial charge in [0.05, 0.1) is 34.1 Å². The van der Waals surface area contributed by atoms with E-state index in [9.17, 15) is 14.0 Å². The molecule has 2 N–H and O–H groups in total. The van der Waals surface area contributed by atoms with Crippen LogP contribution in [0.25, 0.3) is 0 Å². The molecule has 0 aliphatic carbocycles. The number of aliphatic carboxylic acids is 1. The third kappa shape index (κ3) is 5.40. The average molecular weight is 497 g/mol. The van der Waals surface area contributed by atoms with Crippen molar-refractivity contribution in [3.05, 3.63) is 56.4 Å². The Morgan fingerprint density at radius 3 is 2.75 bits per heavy atom. The zero-order valence-electron chi connectivity index (χ0n) is 14.4. The number of carbonyl (C=O) groups excluding carboxylic acids is 1. The molecule has 0 unspecified atom stereocenters. The zero-order valence-corrected chi connectivity index (χ0v) is 16.6. The van der Waals surface area contributed by atoms with Gasteiger partial charge in [0, 0.05) is 0 Å². The molecule has 10 heteroatoms. The molecule has 0 saturated carbocycles. The molecule has 0 aliphatic rings. The van der Waals surface area contributed by atoms with Gasteiger partial charge in [0.2, 0.25) is 0 Å². The molecule has 0 spiro atoms. The Kier molecular flexibility index (Phi) is 7.28. The number of nitrogens with one attached hydrogen (secondary N) is 1. The molecule has 0 heterocycles. The van der Waals surface area contributed by atoms with Crippen LogP contribution in [-0.4, -0.2) is 36.9 Å². The first kappa shape index (κ1) is 21.1. The first-order valence-corrected chi connectivity index (χ1v) is 8.68. The number of nitriles is 1. The number of nitrogens with zero attached hydrogens (tertiary/aromatic N) is 2. The third-order valence-electron chi connectivity index (χ3n) is 3.31. The average Bonchev–Trinajstić information content (AvgIpc) is 2.66. The summed E-state index contributed by atoms with van der Waals surface area (Å²) in [6.07, 6.45) is 1.31. The number of halogens is 2. The summed E-state index contributed by atoms with van der Waals surface area (Å²) in [5.41, 5.74) is 2.58. The molecule has 28 heavy (non-hydrogen) atoms. The highest BCUT2D eigenvalue weighted by Crippen LogP contribution is 2.33. The first-order valence-electron chi connectivity index (χ1n) is 7.61. The fourth-order valence-electron chi connectivity index (χ4n) is 2.08. The Balaban J connectivity index is 2.13. The maximum absolute atomic E-state index is 13.8. The van der Waals surface area contributed by atoms with Gasteiger partial charge in [-0.3, -0.25) is 4.79 Å². The summed E-state index contributed by atoms with van der Waals surface area (Å²) in [6.45, 7) is -0.522. The van der Waals surface area contributed by atoms with Gasteiger partial charge >= 0.3 is 5.97 Å². The van der Waals surface area contributed by atoms with E-state index in [-0.39, 0.29) is 16.9 Å². The van der Waals surface area contributed by atoms with E-state index in [1.165, 1.54) is 31.5 Å². The van der Waals surface area contributed by atoms with Crippen LogP contribution < -0.4 is 14.9 Å². The van der Waals surface area contributed by atoms with E-state index >= 15 is 0 Å². The van der Waals surface area contributed by atoms with Crippen LogP contribution in [0.4, 0.5) is 4.39 Å². The molecular formula is C18H13FIN3O5. The number of amides is 1. The predicted molar refractivity (Wildman–Crippen MR) is 105 cm³/mol. The largest absolute Gasteiger partial charge is 0.493 e. The standard InChI is InChI=1S/C18H13FIN3O5/c1-27-15-6-11(5-14(20)17(15)28-9-16(24)25)8-22-23-18(26)12-3-2-10(7-21)4-13(12)19/h2-6,8H,9H2,1H3,(H,23,26)(H,24,25)/b22-8-. The lowest BCUT2D eigenvalue weighted by Gasteiger charge is -2.12. The number of hydrogen-bond acceptors (Lipinski definition) is 6. The minimum Gasteiger partial charge on any atom is -0.493 e. The van der Waals surface area contributed by atoms with E-state index in [4.69, 9.17) is 19.8 Å². The molecular weight excluding hydrogens is 484 g/mol. The fraction of sp³-hybridized carbons (Fsp3) is 0.111. The number of carbonyl (C=O) groups is 2. The van der Waals surface area contributed by atoms with Crippen LogP contribution in [0.5, 0.6) is 11.5 Å². The van der Waals surface area contributed by atoms with E-state index in [1.807, 2.05) is 22.6 Å². The van der Waals surface area contributed by atoms with Crippen LogP contribution in [0.2, 0.25) is 0 Å². The summed E-state index contributed by atoms with van der Waals surface area (Å²) in [7, 11) is 1.40. The van der Waals surface area contributed by atoms with E-state index in [0.717, 1.165) is 6.07 Å². The summed E-state index contributed by atoms with van der Waals surface area (Å²) in [5.74, 6) is -2.17. The van der Waals surface area contributed by atoms with Crippen molar-refractivity contribution in [2.45, 2.75) is 0 Å². The Hall–Kier alpha value is -3.20. The molecule has 2 aromatic rings. The Bertz CT molecular complexity index is 988. The van der Waals surface area contributed by atoms with Crippen molar-refractivity contribution >= 4 is 40.7 Å². The molecule has 0 saturated heterocycles. The van der Waals surface area contributed by atoms with E-state index in [1.54, 1.807) is 12.1 Å². The predicted octanol–water partition coefficient (Wildman–Crippen LogP) is 2.54. The molecule has 0 radical (unpaired) electrons. The van der Waals surface area contributed by atoms with Crippen molar-refractivity contribution in [3.8, 4) is 17.6 Å². The van der Waals surface area contributed by atoms with E-state index < -0.39 is 24.3 Å². The fourth-order valence-corrected chi connectivity index (χ4v) is 2.86. The summed E-state index contributed by atoms with van der Waals surface area (Å²) in [5, 5.41) is 21.2. The molecule has 144 valence electrons. The summed E-state index contributed by atoms with van der Waals surface area (Å²) in [6, 6.07) is 8.43. The van der Waals surface area contributed by atoms with Crippen LogP contribution in [0.15, 0.2) is 35.4 Å². The number of ether oxygens (including phenoxy) is 2. The Morgan fingerprint density at radius 2 is 2.14 bits per heavy atom. The van der Waals surface area contributed by atoms with Crippen molar-refractivity contribution in [2.24, 2.45) is 5.10 Å². The Morgan fingerprint density at radius 1 is 1.39 bits per heavy atom. The molecule has 2 aromatic carbocycles. The lowest BCUT2D eigenvalue weighted by atomic mass is 10.1. The number of hydrogen-bond donors (Lipinski definition) is 2. The number of methoxy groups -OCH3 is 1. The summed E-state index contributed by atoms with van der Waals surface area (Å²) < 4.78 is 24.8. The van der Waals surface area contributed by atoms with Gasteiger partial charge in [-0.15, -0.1) is 0 Å². The molecule has 0 aliphatic heterocycles. The highest BCUT2D eigenvalue weighted by molar-refractivity contribution is 14.1. The summed E-state index contributed by atoms with van der Waals surface area (Å²) in [4.78, 5) is 22.7. The van der Waals surface area contributed by atoms with Gasteiger partial charge in [0.1, 0.15) is 5.82 Å². The van der Waals surface area contributed by atoms with E-state index in [0.29, 0.717) is 14.9 Å². The monoisotopic (exact) mass is 497 g/mol. The number of benzene rings is 2. The van der Waals surface area contributed by atoms with Crippen molar-refractivity contribution in [1.29, 1.82) is 5.26 Å². The van der Waals surface area contributed by atoms with E-state index in [2.05, 4.69) is 10.5 Å². The molecule has 0 atom stereocenters. The minimum absolute atomic E-state index is 0.101. The van der Waals surface area contributed by atoms with Crippen LogP contribution in [0.1, 0.15) is 21.5 Å². The molecule has 0 fully saturated rings. The van der Waals surface area contributed by atoms with Crippen LogP contribution in [0.3, 0.4) is 0 Å². The lowest BCUT2D eigenvalue weighted by molar-refractivity contribution is -0.139. The topological polar surface area (TPSA) is 121 Å². The van der Waals surface area contributed by atoms with Crippen LogP contribution in [0, 0.1) is 20.7 Å². The van der Waals surface area contributed by atoms with Gasteiger partial charge in [0.25, 0.3) is 5.91 Å².